The number of hydrogen-bond donors (Lipinski definition) is 1. The zero-order chi connectivity index (χ0) is 15.2. The smallest absolute Gasteiger partial charge is 0.321 e. The van der Waals surface area contributed by atoms with Gasteiger partial charge in [-0.05, 0) is 36.6 Å². The number of nitro groups is 1. The van der Waals surface area contributed by atoms with E-state index in [1.807, 2.05) is 24.3 Å². The molecule has 0 unspecified atom stereocenters. The molecule has 5 nitrogen and oxygen atoms in total. The first-order valence-electron chi connectivity index (χ1n) is 6.74. The molecular weight excluding hydrogens is 288 g/mol. The van der Waals surface area contributed by atoms with Crippen LogP contribution in [0.4, 0.5) is 10.7 Å². The predicted octanol–water partition coefficient (Wildman–Crippen LogP) is 4.25. The first kappa shape index (κ1) is 15.2. The van der Waals surface area contributed by atoms with Gasteiger partial charge in [0, 0.05) is 11.8 Å². The molecule has 1 aromatic heterocycles. The summed E-state index contributed by atoms with van der Waals surface area (Å²) in [7, 11) is 0. The van der Waals surface area contributed by atoms with Crippen molar-refractivity contribution in [2.45, 2.75) is 26.2 Å². The molecule has 1 N–H and O–H groups in total. The highest BCUT2D eigenvalue weighted by Gasteiger charge is 2.15. The topological polar surface area (TPSA) is 72.2 Å². The van der Waals surface area contributed by atoms with Crippen molar-refractivity contribution in [1.29, 1.82) is 0 Å². The fraction of sp³-hybridized carbons (Fsp3) is 0.267. The summed E-state index contributed by atoms with van der Waals surface area (Å²) in [5.41, 5.74) is 1.93. The number of rotatable bonds is 6. The minimum atomic E-state index is -0.496. The Morgan fingerprint density at radius 1 is 1.24 bits per heavy atom. The molecule has 2 aromatic rings. The third-order valence-electron chi connectivity index (χ3n) is 3.03. The van der Waals surface area contributed by atoms with E-state index in [1.165, 1.54) is 17.7 Å². The zero-order valence-electron chi connectivity index (χ0n) is 11.7. The Morgan fingerprint density at radius 3 is 2.52 bits per heavy atom. The maximum absolute atomic E-state index is 12.0. The third kappa shape index (κ3) is 4.13. The molecule has 1 amide bonds. The molecule has 0 saturated carbocycles. The fourth-order valence-electron chi connectivity index (χ4n) is 1.88. The summed E-state index contributed by atoms with van der Waals surface area (Å²) >= 11 is 0.871. The van der Waals surface area contributed by atoms with Crippen molar-refractivity contribution in [1.82, 2.24) is 0 Å². The van der Waals surface area contributed by atoms with Crippen molar-refractivity contribution >= 4 is 27.9 Å². The Bertz CT molecular complexity index is 635. The Kier molecular flexibility index (Phi) is 5.05. The molecule has 2 rings (SSSR count). The Balaban J connectivity index is 2.00. The summed E-state index contributed by atoms with van der Waals surface area (Å²) < 4.78 is 0. The van der Waals surface area contributed by atoms with Crippen LogP contribution in [0.15, 0.2) is 36.4 Å². The van der Waals surface area contributed by atoms with E-state index in [0.717, 1.165) is 30.6 Å². The van der Waals surface area contributed by atoms with Gasteiger partial charge in [-0.1, -0.05) is 36.8 Å². The SMILES string of the molecule is CCCCc1ccc(NC(=O)c2ccc([N+](=O)[O-])s2)cc1. The number of carbonyl (C=O) groups is 1. The lowest BCUT2D eigenvalue weighted by molar-refractivity contribution is -0.380. The molecule has 0 spiro atoms. The van der Waals surface area contributed by atoms with Crippen molar-refractivity contribution in [2.75, 3.05) is 5.32 Å². The molecule has 0 fully saturated rings. The van der Waals surface area contributed by atoms with Crippen LogP contribution in [0.25, 0.3) is 0 Å². The number of anilines is 1. The molecule has 0 bridgehead atoms. The average molecular weight is 304 g/mol. The number of hydrogen-bond acceptors (Lipinski definition) is 4. The van der Waals surface area contributed by atoms with Gasteiger partial charge in [0.1, 0.15) is 0 Å². The molecule has 1 aromatic carbocycles. The van der Waals surface area contributed by atoms with Gasteiger partial charge in [0.2, 0.25) is 0 Å². The number of carbonyl (C=O) groups excluding carboxylic acids is 1. The van der Waals surface area contributed by atoms with E-state index in [2.05, 4.69) is 12.2 Å². The molecule has 21 heavy (non-hydrogen) atoms. The van der Waals surface area contributed by atoms with Crippen LogP contribution in [-0.2, 0) is 6.42 Å². The first-order chi connectivity index (χ1) is 10.1. The number of aryl methyl sites for hydroxylation is 1. The van der Waals surface area contributed by atoms with E-state index in [0.29, 0.717) is 10.6 Å². The number of nitrogens with one attached hydrogen (secondary N) is 1. The van der Waals surface area contributed by atoms with Crippen molar-refractivity contribution in [2.24, 2.45) is 0 Å². The van der Waals surface area contributed by atoms with E-state index < -0.39 is 4.92 Å². The van der Waals surface area contributed by atoms with Crippen LogP contribution in [0.2, 0.25) is 0 Å². The lowest BCUT2D eigenvalue weighted by Gasteiger charge is -2.05. The van der Waals surface area contributed by atoms with Gasteiger partial charge in [0.25, 0.3) is 5.91 Å². The minimum Gasteiger partial charge on any atom is -0.321 e. The second kappa shape index (κ2) is 6.99. The largest absolute Gasteiger partial charge is 0.324 e. The van der Waals surface area contributed by atoms with E-state index in [-0.39, 0.29) is 10.9 Å². The van der Waals surface area contributed by atoms with Crippen molar-refractivity contribution in [3.8, 4) is 0 Å². The van der Waals surface area contributed by atoms with Crippen LogP contribution in [0.1, 0.15) is 35.0 Å². The number of benzene rings is 1. The lowest BCUT2D eigenvalue weighted by Crippen LogP contribution is -2.09. The van der Waals surface area contributed by atoms with Crippen LogP contribution in [0.5, 0.6) is 0 Å². The molecule has 0 radical (unpaired) electrons. The molecule has 110 valence electrons. The second-order valence-corrected chi connectivity index (χ2v) is 5.71. The molecule has 0 aliphatic heterocycles. The van der Waals surface area contributed by atoms with Crippen LogP contribution >= 0.6 is 11.3 Å². The second-order valence-electron chi connectivity index (χ2n) is 4.65. The highest BCUT2D eigenvalue weighted by atomic mass is 32.1. The molecule has 0 atom stereocenters. The summed E-state index contributed by atoms with van der Waals surface area (Å²) in [5.74, 6) is -0.325. The number of unbranched alkanes of at least 4 members (excludes halogenated alkanes) is 1. The van der Waals surface area contributed by atoms with Crippen LogP contribution in [0, 0.1) is 10.1 Å². The molecule has 0 aliphatic rings. The van der Waals surface area contributed by atoms with Gasteiger partial charge in [-0.25, -0.2) is 0 Å². The monoisotopic (exact) mass is 304 g/mol. The van der Waals surface area contributed by atoms with E-state index in [9.17, 15) is 14.9 Å². The highest BCUT2D eigenvalue weighted by molar-refractivity contribution is 7.17. The van der Waals surface area contributed by atoms with Crippen LogP contribution in [0.3, 0.4) is 0 Å². The van der Waals surface area contributed by atoms with Gasteiger partial charge in [-0.2, -0.15) is 0 Å². The number of thiophene rings is 1. The van der Waals surface area contributed by atoms with Crippen molar-refractivity contribution < 1.29 is 9.72 Å². The molecule has 0 aliphatic carbocycles. The van der Waals surface area contributed by atoms with Crippen LogP contribution < -0.4 is 5.32 Å². The minimum absolute atomic E-state index is 0.0323. The highest BCUT2D eigenvalue weighted by Crippen LogP contribution is 2.24. The standard InChI is InChI=1S/C15H16N2O3S/c1-2-3-4-11-5-7-12(8-6-11)16-15(18)13-9-10-14(21-13)17(19)20/h5-10H,2-4H2,1H3,(H,16,18). The van der Waals surface area contributed by atoms with Gasteiger partial charge in [-0.3, -0.25) is 14.9 Å². The maximum Gasteiger partial charge on any atom is 0.324 e. The van der Waals surface area contributed by atoms with E-state index in [4.69, 9.17) is 0 Å². The summed E-state index contributed by atoms with van der Waals surface area (Å²) in [4.78, 5) is 22.4. The Hall–Kier alpha value is -2.21. The predicted molar refractivity (Wildman–Crippen MR) is 84.0 cm³/mol. The number of amides is 1. The summed E-state index contributed by atoms with van der Waals surface area (Å²) in [6.07, 6.45) is 3.32. The molecule has 1 heterocycles. The normalized spacial score (nSPS) is 10.3. The van der Waals surface area contributed by atoms with E-state index in [1.54, 1.807) is 0 Å². The fourth-order valence-corrected chi connectivity index (χ4v) is 2.59. The van der Waals surface area contributed by atoms with Gasteiger partial charge in [-0.15, -0.1) is 0 Å². The summed E-state index contributed by atoms with van der Waals surface area (Å²) in [6.45, 7) is 2.15. The molecular formula is C15H16N2O3S. The summed E-state index contributed by atoms with van der Waals surface area (Å²) in [5, 5.41) is 13.3. The lowest BCUT2D eigenvalue weighted by atomic mass is 10.1. The summed E-state index contributed by atoms with van der Waals surface area (Å²) in [6, 6.07) is 10.5. The van der Waals surface area contributed by atoms with Crippen molar-refractivity contribution in [3.05, 3.63) is 57.0 Å². The maximum atomic E-state index is 12.0. The van der Waals surface area contributed by atoms with Crippen LogP contribution in [-0.4, -0.2) is 10.8 Å². The van der Waals surface area contributed by atoms with Gasteiger partial charge >= 0.3 is 5.00 Å². The van der Waals surface area contributed by atoms with E-state index >= 15 is 0 Å². The zero-order valence-corrected chi connectivity index (χ0v) is 12.5. The molecule has 0 saturated heterocycles. The first-order valence-corrected chi connectivity index (χ1v) is 7.56. The van der Waals surface area contributed by atoms with Crippen molar-refractivity contribution in [3.63, 3.8) is 0 Å². The van der Waals surface area contributed by atoms with Gasteiger partial charge < -0.3 is 5.32 Å². The average Bonchev–Trinajstić information content (AvgIpc) is 2.97. The Morgan fingerprint density at radius 2 is 1.95 bits per heavy atom. The Labute approximate surface area is 126 Å². The number of nitrogens with zero attached hydrogens (tertiary/aromatic N) is 1. The van der Waals surface area contributed by atoms with Gasteiger partial charge in [0.15, 0.2) is 0 Å². The quantitative estimate of drug-likeness (QED) is 0.640. The third-order valence-corrected chi connectivity index (χ3v) is 4.06. The molecule has 6 heteroatoms. The van der Waals surface area contributed by atoms with Gasteiger partial charge in [0.05, 0.1) is 9.80 Å².